The predicted molar refractivity (Wildman–Crippen MR) is 101 cm³/mol. The van der Waals surface area contributed by atoms with Gasteiger partial charge in [0.1, 0.15) is 17.0 Å². The summed E-state index contributed by atoms with van der Waals surface area (Å²) in [6.45, 7) is 1.76. The maximum atomic E-state index is 11.5. The highest BCUT2D eigenvalue weighted by molar-refractivity contribution is 5.93. The summed E-state index contributed by atoms with van der Waals surface area (Å²) in [5.74, 6) is -0.672. The summed E-state index contributed by atoms with van der Waals surface area (Å²) in [5.41, 5.74) is 5.37. The van der Waals surface area contributed by atoms with Crippen molar-refractivity contribution in [3.63, 3.8) is 0 Å². The predicted octanol–water partition coefficient (Wildman–Crippen LogP) is 3.42. The Kier molecular flexibility index (Phi) is 3.92. The summed E-state index contributed by atoms with van der Waals surface area (Å²) in [6.07, 6.45) is 7.49. The number of pyridine rings is 1. The van der Waals surface area contributed by atoms with Gasteiger partial charge in [0.2, 0.25) is 0 Å². The molecule has 0 spiro atoms. The molecule has 0 amide bonds. The molecule has 136 valence electrons. The van der Waals surface area contributed by atoms with Crippen molar-refractivity contribution in [2.75, 3.05) is 7.11 Å². The highest BCUT2D eigenvalue weighted by Crippen LogP contribution is 2.31. The van der Waals surface area contributed by atoms with Crippen LogP contribution in [0.2, 0.25) is 0 Å². The molecule has 3 aromatic heterocycles. The third-order valence-electron chi connectivity index (χ3n) is 4.58. The molecule has 0 aliphatic heterocycles. The van der Waals surface area contributed by atoms with Gasteiger partial charge in [0.25, 0.3) is 0 Å². The number of carboxylic acids is 1. The van der Waals surface area contributed by atoms with Crippen LogP contribution in [0.3, 0.4) is 0 Å². The van der Waals surface area contributed by atoms with Gasteiger partial charge in [-0.05, 0) is 42.3 Å². The Balaban J connectivity index is 1.83. The van der Waals surface area contributed by atoms with Crippen molar-refractivity contribution >= 4 is 11.6 Å². The van der Waals surface area contributed by atoms with Crippen LogP contribution < -0.4 is 4.74 Å². The first-order valence-electron chi connectivity index (χ1n) is 8.36. The summed E-state index contributed by atoms with van der Waals surface area (Å²) in [7, 11) is 3.35. The van der Waals surface area contributed by atoms with E-state index in [1.54, 1.807) is 23.9 Å². The number of rotatable bonds is 4. The second kappa shape index (κ2) is 6.28. The fourth-order valence-electron chi connectivity index (χ4n) is 3.28. The van der Waals surface area contributed by atoms with Gasteiger partial charge < -0.3 is 9.84 Å². The number of ether oxygens (including phenoxy) is 1. The zero-order valence-corrected chi connectivity index (χ0v) is 15.2. The zero-order chi connectivity index (χ0) is 19.1. The maximum Gasteiger partial charge on any atom is 0.339 e. The number of hydrogen-bond donors (Lipinski definition) is 1. The minimum atomic E-state index is -1.00. The number of nitrogens with zero attached hydrogens (tertiary/aromatic N) is 4. The molecular weight excluding hydrogens is 344 g/mol. The molecule has 27 heavy (non-hydrogen) atoms. The summed E-state index contributed by atoms with van der Waals surface area (Å²) in [6, 6.07) is 7.57. The first kappa shape index (κ1) is 16.8. The van der Waals surface area contributed by atoms with E-state index in [2.05, 4.69) is 10.1 Å². The molecule has 1 aromatic carbocycles. The first-order chi connectivity index (χ1) is 13.0. The molecule has 0 unspecified atom stereocenters. The van der Waals surface area contributed by atoms with Crippen LogP contribution in [-0.4, -0.2) is 37.4 Å². The monoisotopic (exact) mass is 362 g/mol. The van der Waals surface area contributed by atoms with Crippen molar-refractivity contribution in [2.45, 2.75) is 6.92 Å². The van der Waals surface area contributed by atoms with Gasteiger partial charge in [-0.25, -0.2) is 9.78 Å². The number of aromatic nitrogens is 4. The molecular formula is C20H18N4O3. The van der Waals surface area contributed by atoms with Gasteiger partial charge in [-0.15, -0.1) is 0 Å². The molecule has 4 aromatic rings. The van der Waals surface area contributed by atoms with E-state index in [1.807, 2.05) is 48.2 Å². The molecule has 3 heterocycles. The van der Waals surface area contributed by atoms with Gasteiger partial charge in [-0.1, -0.05) is 0 Å². The van der Waals surface area contributed by atoms with E-state index in [1.165, 1.54) is 7.11 Å². The quantitative estimate of drug-likeness (QED) is 0.602. The lowest BCUT2D eigenvalue weighted by Gasteiger charge is -2.11. The van der Waals surface area contributed by atoms with Crippen LogP contribution in [0.4, 0.5) is 0 Å². The number of fused-ring (bicyclic) bond motifs is 1. The van der Waals surface area contributed by atoms with E-state index in [0.29, 0.717) is 11.3 Å². The Bertz CT molecular complexity index is 1170. The van der Waals surface area contributed by atoms with E-state index < -0.39 is 5.97 Å². The van der Waals surface area contributed by atoms with E-state index >= 15 is 0 Å². The molecule has 0 saturated heterocycles. The number of benzene rings is 1. The smallest absolute Gasteiger partial charge is 0.339 e. The van der Waals surface area contributed by atoms with Crippen LogP contribution in [0.15, 0.2) is 49.1 Å². The van der Waals surface area contributed by atoms with Crippen LogP contribution in [0, 0.1) is 6.92 Å². The highest BCUT2D eigenvalue weighted by atomic mass is 16.5. The largest absolute Gasteiger partial charge is 0.496 e. The Labute approximate surface area is 155 Å². The van der Waals surface area contributed by atoms with Crippen molar-refractivity contribution in [1.82, 2.24) is 19.2 Å². The number of hydrogen-bond acceptors (Lipinski definition) is 4. The molecule has 0 bridgehead atoms. The SMILES string of the molecule is COc1cc(-c2cnc3cc(-c4cnn(C)c4)ccn23)cc(C)c1C(=O)O. The van der Waals surface area contributed by atoms with Gasteiger partial charge in [-0.2, -0.15) is 5.10 Å². The van der Waals surface area contributed by atoms with E-state index in [0.717, 1.165) is 28.0 Å². The third-order valence-corrected chi connectivity index (χ3v) is 4.58. The number of methoxy groups -OCH3 is 1. The number of aryl methyl sites for hydroxylation is 2. The first-order valence-corrected chi connectivity index (χ1v) is 8.36. The molecule has 0 aliphatic rings. The normalized spacial score (nSPS) is 11.1. The van der Waals surface area contributed by atoms with E-state index in [4.69, 9.17) is 4.74 Å². The summed E-state index contributed by atoms with van der Waals surface area (Å²) in [5, 5.41) is 13.6. The van der Waals surface area contributed by atoms with Gasteiger partial charge in [-0.3, -0.25) is 9.08 Å². The Morgan fingerprint density at radius 1 is 1.15 bits per heavy atom. The van der Waals surface area contributed by atoms with Gasteiger partial charge in [0, 0.05) is 30.6 Å². The van der Waals surface area contributed by atoms with Crippen LogP contribution in [0.5, 0.6) is 5.75 Å². The van der Waals surface area contributed by atoms with E-state index in [-0.39, 0.29) is 5.56 Å². The lowest BCUT2D eigenvalue weighted by molar-refractivity contribution is 0.0692. The van der Waals surface area contributed by atoms with Crippen molar-refractivity contribution in [1.29, 1.82) is 0 Å². The minimum Gasteiger partial charge on any atom is -0.496 e. The van der Waals surface area contributed by atoms with Crippen LogP contribution in [0.1, 0.15) is 15.9 Å². The molecule has 7 nitrogen and oxygen atoms in total. The molecule has 7 heteroatoms. The van der Waals surface area contributed by atoms with Gasteiger partial charge >= 0.3 is 5.97 Å². The Morgan fingerprint density at radius 3 is 2.63 bits per heavy atom. The summed E-state index contributed by atoms with van der Waals surface area (Å²) in [4.78, 5) is 16.0. The molecule has 0 fully saturated rings. The number of imidazole rings is 1. The number of aromatic carboxylic acids is 1. The van der Waals surface area contributed by atoms with E-state index in [9.17, 15) is 9.90 Å². The second-order valence-electron chi connectivity index (χ2n) is 6.37. The van der Waals surface area contributed by atoms with Crippen LogP contribution in [-0.2, 0) is 7.05 Å². The Hall–Kier alpha value is -3.61. The number of carbonyl (C=O) groups is 1. The topological polar surface area (TPSA) is 81.7 Å². The third kappa shape index (κ3) is 2.83. The highest BCUT2D eigenvalue weighted by Gasteiger charge is 2.17. The van der Waals surface area contributed by atoms with Crippen molar-refractivity contribution in [2.24, 2.45) is 7.05 Å². The molecule has 0 aliphatic carbocycles. The molecule has 1 N–H and O–H groups in total. The van der Waals surface area contributed by atoms with Gasteiger partial charge in [0.05, 0.1) is 25.2 Å². The molecule has 0 saturated carbocycles. The summed E-state index contributed by atoms with van der Waals surface area (Å²) < 4.78 is 9.02. The van der Waals surface area contributed by atoms with Crippen molar-refractivity contribution < 1.29 is 14.6 Å². The fourth-order valence-corrected chi connectivity index (χ4v) is 3.28. The van der Waals surface area contributed by atoms with Crippen LogP contribution >= 0.6 is 0 Å². The molecule has 0 atom stereocenters. The fraction of sp³-hybridized carbons (Fsp3) is 0.150. The van der Waals surface area contributed by atoms with Crippen LogP contribution in [0.25, 0.3) is 28.0 Å². The maximum absolute atomic E-state index is 11.5. The average Bonchev–Trinajstić information content (AvgIpc) is 3.26. The number of carboxylic acid groups (broad SMARTS) is 1. The summed E-state index contributed by atoms with van der Waals surface area (Å²) >= 11 is 0. The lowest BCUT2D eigenvalue weighted by Crippen LogP contribution is -2.04. The Morgan fingerprint density at radius 2 is 1.96 bits per heavy atom. The molecule has 4 rings (SSSR count). The zero-order valence-electron chi connectivity index (χ0n) is 15.2. The van der Waals surface area contributed by atoms with Gasteiger partial charge in [0.15, 0.2) is 0 Å². The second-order valence-corrected chi connectivity index (χ2v) is 6.37. The molecule has 0 radical (unpaired) electrons. The minimum absolute atomic E-state index is 0.175. The van der Waals surface area contributed by atoms with Crippen molar-refractivity contribution in [3.05, 3.63) is 60.2 Å². The average molecular weight is 362 g/mol. The van der Waals surface area contributed by atoms with Crippen molar-refractivity contribution in [3.8, 4) is 28.1 Å². The lowest BCUT2D eigenvalue weighted by atomic mass is 10.0. The standard InChI is InChI=1S/C20H18N4O3/c1-12-6-14(7-17(27-3)19(12)20(25)26)16-10-21-18-8-13(4-5-24(16)18)15-9-22-23(2)11-15/h4-11H,1-3H3,(H,25,26).